The number of carbonyl (C=O) groups is 2. The second kappa shape index (κ2) is 4.18. The first-order chi connectivity index (χ1) is 9.79. The summed E-state index contributed by atoms with van der Waals surface area (Å²) in [7, 11) is 0. The molecule has 114 valence electrons. The number of aliphatic hydroxyl groups is 2. The van der Waals surface area contributed by atoms with Crippen molar-refractivity contribution in [2.24, 2.45) is 23.2 Å². The fraction of sp³-hybridized carbons (Fsp3) is 0.600. The molecule has 3 N–H and O–H groups in total. The van der Waals surface area contributed by atoms with Gasteiger partial charge in [-0.05, 0) is 18.8 Å². The lowest BCUT2D eigenvalue weighted by Crippen LogP contribution is -2.65. The van der Waals surface area contributed by atoms with Crippen LogP contribution in [0.5, 0.6) is 0 Å². The predicted molar refractivity (Wildman–Crippen MR) is 71.0 cm³/mol. The normalized spacial score (nSPS) is 44.6. The van der Waals surface area contributed by atoms with Crippen LogP contribution in [0.25, 0.3) is 0 Å². The van der Waals surface area contributed by atoms with Gasteiger partial charge in [0.1, 0.15) is 0 Å². The fourth-order valence-electron chi connectivity index (χ4n) is 4.27. The minimum absolute atomic E-state index is 0.00618. The molecule has 0 bridgehead atoms. The number of allylic oxidation sites excluding steroid dienone is 2. The van der Waals surface area contributed by atoms with Crippen molar-refractivity contribution in [3.05, 3.63) is 23.3 Å². The van der Waals surface area contributed by atoms with Gasteiger partial charge in [-0.1, -0.05) is 24.6 Å². The number of carboxylic acid groups (broad SMARTS) is 1. The zero-order chi connectivity index (χ0) is 15.6. The van der Waals surface area contributed by atoms with Gasteiger partial charge in [-0.15, -0.1) is 0 Å². The summed E-state index contributed by atoms with van der Waals surface area (Å²) in [5.41, 5.74) is -2.11. The summed E-state index contributed by atoms with van der Waals surface area (Å²) >= 11 is 0. The Morgan fingerprint density at radius 1 is 1.52 bits per heavy atom. The summed E-state index contributed by atoms with van der Waals surface area (Å²) < 4.78 is 4.97. The first-order valence-electron chi connectivity index (χ1n) is 6.94. The minimum Gasteiger partial charge on any atom is -0.478 e. The number of cyclic esters (lactones) is 1. The Bertz CT molecular complexity index is 591. The van der Waals surface area contributed by atoms with Gasteiger partial charge in [0, 0.05) is 16.9 Å². The van der Waals surface area contributed by atoms with Crippen LogP contribution in [0.4, 0.5) is 0 Å². The Hall–Kier alpha value is -1.66. The van der Waals surface area contributed by atoms with Crippen LogP contribution in [-0.4, -0.2) is 46.1 Å². The van der Waals surface area contributed by atoms with Crippen molar-refractivity contribution in [2.75, 3.05) is 13.2 Å². The molecule has 0 amide bonds. The molecule has 0 aromatic carbocycles. The van der Waals surface area contributed by atoms with Gasteiger partial charge >= 0.3 is 11.9 Å². The van der Waals surface area contributed by atoms with Gasteiger partial charge < -0.3 is 20.1 Å². The van der Waals surface area contributed by atoms with E-state index in [-0.39, 0.29) is 24.0 Å². The summed E-state index contributed by atoms with van der Waals surface area (Å²) in [6.45, 7) is 2.94. The molecule has 0 radical (unpaired) electrons. The molecule has 1 aliphatic heterocycles. The maximum absolute atomic E-state index is 12.1. The lowest BCUT2D eigenvalue weighted by atomic mass is 9.59. The molecule has 21 heavy (non-hydrogen) atoms. The van der Waals surface area contributed by atoms with Crippen LogP contribution in [0.1, 0.15) is 13.8 Å². The van der Waals surface area contributed by atoms with E-state index < -0.39 is 35.5 Å². The molecule has 1 saturated heterocycles. The number of aliphatic hydroxyl groups excluding tert-OH is 1. The average Bonchev–Trinajstić information content (AvgIpc) is 2.89. The smallest absolute Gasteiger partial charge is 0.341 e. The minimum atomic E-state index is -2.11. The van der Waals surface area contributed by atoms with E-state index in [4.69, 9.17) is 4.74 Å². The summed E-state index contributed by atoms with van der Waals surface area (Å²) in [4.78, 5) is 23.6. The third-order valence-electron chi connectivity index (χ3n) is 5.50. The van der Waals surface area contributed by atoms with Crippen LogP contribution in [0, 0.1) is 23.2 Å². The first-order valence-corrected chi connectivity index (χ1v) is 6.94. The van der Waals surface area contributed by atoms with Crippen molar-refractivity contribution in [1.29, 1.82) is 0 Å². The number of rotatable bonds is 2. The van der Waals surface area contributed by atoms with Gasteiger partial charge in [-0.3, -0.25) is 0 Å². The molecule has 3 aliphatic rings. The monoisotopic (exact) mass is 294 g/mol. The Morgan fingerprint density at radius 3 is 2.76 bits per heavy atom. The lowest BCUT2D eigenvalue weighted by molar-refractivity contribution is -0.212. The lowest BCUT2D eigenvalue weighted by Gasteiger charge is -2.49. The Balaban J connectivity index is 2.23. The quantitative estimate of drug-likeness (QED) is 0.493. The Labute approximate surface area is 121 Å². The standard InChI is InChI=1S/C15H18O6/c1-7-4-14-10(8(7)2)3-9(12(17)18)11(14)5-21-13(19)15(14,20)6-16/h3-4,8,10-11,16,20H,5-6H2,1-2H3,(H,17,18)/t8-,10-,11-,14+,15-/m1/s1. The molecular weight excluding hydrogens is 276 g/mol. The highest BCUT2D eigenvalue weighted by atomic mass is 16.6. The predicted octanol–water partition coefficient (Wildman–Crippen LogP) is 0.106. The molecule has 1 fully saturated rings. The topological polar surface area (TPSA) is 104 Å². The summed E-state index contributed by atoms with van der Waals surface area (Å²) in [6, 6.07) is 0. The molecule has 0 aromatic rings. The van der Waals surface area contributed by atoms with Gasteiger partial charge in [0.25, 0.3) is 0 Å². The summed E-state index contributed by atoms with van der Waals surface area (Å²) in [6.07, 6.45) is 3.39. The van der Waals surface area contributed by atoms with Gasteiger partial charge in [-0.25, -0.2) is 9.59 Å². The van der Waals surface area contributed by atoms with Gasteiger partial charge in [0.05, 0.1) is 13.2 Å². The van der Waals surface area contributed by atoms with E-state index in [0.717, 1.165) is 5.57 Å². The van der Waals surface area contributed by atoms with Crippen molar-refractivity contribution in [3.63, 3.8) is 0 Å². The number of hydrogen-bond acceptors (Lipinski definition) is 5. The maximum Gasteiger partial charge on any atom is 0.341 e. The second-order valence-electron chi connectivity index (χ2n) is 6.23. The Kier molecular flexibility index (Phi) is 2.84. The van der Waals surface area contributed by atoms with Crippen LogP contribution in [0.15, 0.2) is 23.3 Å². The molecule has 6 nitrogen and oxygen atoms in total. The molecule has 1 spiro atoms. The van der Waals surface area contributed by atoms with Crippen molar-refractivity contribution in [2.45, 2.75) is 19.4 Å². The maximum atomic E-state index is 12.1. The zero-order valence-corrected chi connectivity index (χ0v) is 11.9. The van der Waals surface area contributed by atoms with Gasteiger partial charge in [0.2, 0.25) is 0 Å². The third kappa shape index (κ3) is 1.44. The average molecular weight is 294 g/mol. The number of carboxylic acids is 1. The number of ether oxygens (including phenoxy) is 1. The third-order valence-corrected chi connectivity index (χ3v) is 5.50. The van der Waals surface area contributed by atoms with Crippen molar-refractivity contribution in [1.82, 2.24) is 0 Å². The molecular formula is C15H18O6. The van der Waals surface area contributed by atoms with Crippen LogP contribution in [-0.2, 0) is 14.3 Å². The van der Waals surface area contributed by atoms with Crippen molar-refractivity contribution in [3.8, 4) is 0 Å². The van der Waals surface area contributed by atoms with E-state index in [2.05, 4.69) is 0 Å². The van der Waals surface area contributed by atoms with E-state index in [9.17, 15) is 24.9 Å². The molecule has 2 aliphatic carbocycles. The largest absolute Gasteiger partial charge is 0.478 e. The highest BCUT2D eigenvalue weighted by Crippen LogP contribution is 2.63. The molecule has 0 aromatic heterocycles. The second-order valence-corrected chi connectivity index (χ2v) is 6.23. The van der Waals surface area contributed by atoms with E-state index in [1.807, 2.05) is 13.8 Å². The highest BCUT2D eigenvalue weighted by molar-refractivity contribution is 5.91. The molecule has 6 heteroatoms. The van der Waals surface area contributed by atoms with Crippen LogP contribution < -0.4 is 0 Å². The van der Waals surface area contributed by atoms with Crippen molar-refractivity contribution >= 4 is 11.9 Å². The number of esters is 1. The summed E-state index contributed by atoms with van der Waals surface area (Å²) in [5, 5.41) is 29.9. The molecule has 5 atom stereocenters. The van der Waals surface area contributed by atoms with Gasteiger partial charge in [-0.2, -0.15) is 0 Å². The van der Waals surface area contributed by atoms with E-state index in [1.54, 1.807) is 12.2 Å². The molecule has 3 rings (SSSR count). The van der Waals surface area contributed by atoms with Crippen molar-refractivity contribution < 1.29 is 29.6 Å². The van der Waals surface area contributed by atoms with Crippen LogP contribution >= 0.6 is 0 Å². The number of aliphatic carboxylic acids is 1. The molecule has 0 saturated carbocycles. The van der Waals surface area contributed by atoms with Crippen LogP contribution in [0.2, 0.25) is 0 Å². The number of carbonyl (C=O) groups excluding carboxylic acids is 1. The van der Waals surface area contributed by atoms with E-state index in [1.165, 1.54) is 0 Å². The highest BCUT2D eigenvalue weighted by Gasteiger charge is 2.71. The molecule has 1 heterocycles. The zero-order valence-electron chi connectivity index (χ0n) is 11.9. The first kappa shape index (κ1) is 14.3. The van der Waals surface area contributed by atoms with E-state index >= 15 is 0 Å². The van der Waals surface area contributed by atoms with Crippen LogP contribution in [0.3, 0.4) is 0 Å². The molecule has 0 unspecified atom stereocenters. The summed E-state index contributed by atoms with van der Waals surface area (Å²) in [5.74, 6) is -2.95. The van der Waals surface area contributed by atoms with Gasteiger partial charge in [0.15, 0.2) is 5.60 Å². The van der Waals surface area contributed by atoms with E-state index in [0.29, 0.717) is 0 Å². The fourth-order valence-corrected chi connectivity index (χ4v) is 4.27. The number of hydrogen-bond donors (Lipinski definition) is 3. The SMILES string of the molecule is CC1=C[C@]23[C@H](COC(=O)[C@]2(O)CO)C(C(=O)O)=C[C@@H]3[C@@H]1C. The Morgan fingerprint density at radius 2 is 2.19 bits per heavy atom.